The first-order valence-electron chi connectivity index (χ1n) is 12.1. The Morgan fingerprint density at radius 3 is 2.48 bits per heavy atom. The van der Waals surface area contributed by atoms with Crippen molar-refractivity contribution in [2.24, 2.45) is 0 Å². The van der Waals surface area contributed by atoms with Crippen molar-refractivity contribution in [2.45, 2.75) is 31.5 Å². The van der Waals surface area contributed by atoms with Crippen LogP contribution in [0.4, 0.5) is 23.7 Å². The largest absolute Gasteiger partial charge is 0.507 e. The van der Waals surface area contributed by atoms with Gasteiger partial charge in [-0.25, -0.2) is 4.79 Å². The van der Waals surface area contributed by atoms with Gasteiger partial charge in [0, 0.05) is 29.3 Å². The average molecular weight is 589 g/mol. The molecule has 0 aliphatic heterocycles. The SMILES string of the molecule is O=C(Nc1ccc(O)c(-c2cc(C3CC3)n(C(=O)NCc3ccc(Cl)c(Cl)c3)n2)c1)c1cccc(C(F)(F)F)c1. The van der Waals surface area contributed by atoms with E-state index in [1.807, 2.05) is 0 Å². The number of amides is 2. The van der Waals surface area contributed by atoms with E-state index in [0.29, 0.717) is 21.4 Å². The Balaban J connectivity index is 1.37. The lowest BCUT2D eigenvalue weighted by molar-refractivity contribution is -0.137. The first kappa shape index (κ1) is 27.5. The topological polar surface area (TPSA) is 96.2 Å². The summed E-state index contributed by atoms with van der Waals surface area (Å²) in [5.41, 5.74) is 1.04. The maximum absolute atomic E-state index is 13.1. The molecule has 0 radical (unpaired) electrons. The fraction of sp³-hybridized carbons (Fsp3) is 0.179. The summed E-state index contributed by atoms with van der Waals surface area (Å²) in [7, 11) is 0. The summed E-state index contributed by atoms with van der Waals surface area (Å²) in [6.07, 6.45) is -2.83. The number of carbonyl (C=O) groups is 2. The Kier molecular flexibility index (Phi) is 7.48. The van der Waals surface area contributed by atoms with E-state index in [9.17, 15) is 27.9 Å². The van der Waals surface area contributed by atoms with Crippen LogP contribution in [-0.2, 0) is 12.7 Å². The van der Waals surface area contributed by atoms with Crippen LogP contribution in [0.1, 0.15) is 45.9 Å². The zero-order chi connectivity index (χ0) is 28.6. The number of alkyl halides is 3. The molecule has 0 atom stereocenters. The lowest BCUT2D eigenvalue weighted by Crippen LogP contribution is -2.30. The molecule has 3 aromatic carbocycles. The zero-order valence-corrected chi connectivity index (χ0v) is 22.1. The number of phenols is 1. The Labute approximate surface area is 236 Å². The molecule has 206 valence electrons. The molecule has 0 unspecified atom stereocenters. The molecule has 40 heavy (non-hydrogen) atoms. The highest BCUT2D eigenvalue weighted by atomic mass is 35.5. The van der Waals surface area contributed by atoms with Gasteiger partial charge in [0.25, 0.3) is 5.91 Å². The third-order valence-electron chi connectivity index (χ3n) is 6.34. The van der Waals surface area contributed by atoms with Gasteiger partial charge in [0.15, 0.2) is 0 Å². The smallest absolute Gasteiger partial charge is 0.416 e. The van der Waals surface area contributed by atoms with Crippen LogP contribution in [0.3, 0.4) is 0 Å². The first-order chi connectivity index (χ1) is 19.0. The van der Waals surface area contributed by atoms with Crippen molar-refractivity contribution in [1.82, 2.24) is 15.1 Å². The Hall–Kier alpha value is -4.02. The highest BCUT2D eigenvalue weighted by molar-refractivity contribution is 6.42. The number of benzene rings is 3. The van der Waals surface area contributed by atoms with E-state index in [0.717, 1.165) is 36.6 Å². The highest BCUT2D eigenvalue weighted by Crippen LogP contribution is 2.42. The van der Waals surface area contributed by atoms with E-state index < -0.39 is 23.7 Å². The van der Waals surface area contributed by atoms with Crippen LogP contribution < -0.4 is 10.6 Å². The van der Waals surface area contributed by atoms with Crippen molar-refractivity contribution in [3.8, 4) is 17.0 Å². The minimum absolute atomic E-state index is 0.128. The average Bonchev–Trinajstić information content (AvgIpc) is 3.67. The van der Waals surface area contributed by atoms with E-state index in [1.54, 1.807) is 24.3 Å². The third kappa shape index (κ3) is 6.08. The van der Waals surface area contributed by atoms with Gasteiger partial charge in [-0.3, -0.25) is 4.79 Å². The van der Waals surface area contributed by atoms with E-state index in [2.05, 4.69) is 15.7 Å². The van der Waals surface area contributed by atoms with E-state index in [4.69, 9.17) is 23.2 Å². The van der Waals surface area contributed by atoms with Crippen molar-refractivity contribution >= 4 is 40.8 Å². The van der Waals surface area contributed by atoms with Crippen molar-refractivity contribution in [1.29, 1.82) is 0 Å². The molecule has 4 aromatic rings. The molecule has 12 heteroatoms. The highest BCUT2D eigenvalue weighted by Gasteiger charge is 2.32. The van der Waals surface area contributed by atoms with Crippen LogP contribution in [0.15, 0.2) is 66.7 Å². The molecule has 0 spiro atoms. The number of aromatic nitrogens is 2. The van der Waals surface area contributed by atoms with E-state index in [1.165, 1.54) is 28.9 Å². The zero-order valence-electron chi connectivity index (χ0n) is 20.6. The lowest BCUT2D eigenvalue weighted by Gasteiger charge is -2.10. The summed E-state index contributed by atoms with van der Waals surface area (Å²) >= 11 is 12.0. The van der Waals surface area contributed by atoms with Gasteiger partial charge in [-0.15, -0.1) is 0 Å². The van der Waals surface area contributed by atoms with Gasteiger partial charge < -0.3 is 15.7 Å². The quantitative estimate of drug-likeness (QED) is 0.203. The maximum Gasteiger partial charge on any atom is 0.416 e. The second kappa shape index (κ2) is 10.9. The van der Waals surface area contributed by atoms with Gasteiger partial charge in [-0.2, -0.15) is 23.0 Å². The molecular formula is C28H21Cl2F3N4O3. The molecule has 1 aliphatic rings. The summed E-state index contributed by atoms with van der Waals surface area (Å²) in [6, 6.07) is 14.5. The van der Waals surface area contributed by atoms with Gasteiger partial charge in [-0.05, 0) is 73.0 Å². The number of halogens is 5. The van der Waals surface area contributed by atoms with Crippen molar-refractivity contribution < 1.29 is 27.9 Å². The molecule has 7 nitrogen and oxygen atoms in total. The molecular weight excluding hydrogens is 568 g/mol. The van der Waals surface area contributed by atoms with Crippen molar-refractivity contribution in [2.75, 3.05) is 5.32 Å². The maximum atomic E-state index is 13.1. The molecule has 1 aromatic heterocycles. The predicted molar refractivity (Wildman–Crippen MR) is 145 cm³/mol. The summed E-state index contributed by atoms with van der Waals surface area (Å²) in [6.45, 7) is 0.178. The van der Waals surface area contributed by atoms with E-state index >= 15 is 0 Å². The fourth-order valence-corrected chi connectivity index (χ4v) is 4.44. The van der Waals surface area contributed by atoms with Crippen molar-refractivity contribution in [3.05, 3.63) is 99.2 Å². The van der Waals surface area contributed by atoms with Gasteiger partial charge in [0.05, 0.1) is 27.0 Å². The minimum Gasteiger partial charge on any atom is -0.507 e. The number of anilines is 1. The predicted octanol–water partition coefficient (Wildman–Crippen LogP) is 7.47. The summed E-state index contributed by atoms with van der Waals surface area (Å²) in [5.74, 6) is -0.781. The number of rotatable bonds is 6. The molecule has 5 rings (SSSR count). The molecule has 1 saturated carbocycles. The standard InChI is InChI=1S/C28H21Cl2F3N4O3/c29-21-8-4-15(10-22(21)30)14-34-27(40)37-24(16-5-6-16)13-23(36-37)20-12-19(7-9-25(20)38)35-26(39)17-2-1-3-18(11-17)28(31,32)33/h1-4,7-13,16,38H,5-6,14H2,(H,34,40)(H,35,39). The monoisotopic (exact) mass is 588 g/mol. The van der Waals surface area contributed by atoms with Crippen LogP contribution in [0, 0.1) is 0 Å². The Bertz CT molecular complexity index is 1620. The fourth-order valence-electron chi connectivity index (χ4n) is 4.12. The van der Waals surface area contributed by atoms with Crippen LogP contribution in [0.25, 0.3) is 11.3 Å². The number of hydrogen-bond acceptors (Lipinski definition) is 4. The van der Waals surface area contributed by atoms with Gasteiger partial charge in [-0.1, -0.05) is 35.3 Å². The molecule has 0 saturated heterocycles. The second-order valence-corrected chi connectivity index (χ2v) is 10.1. The number of hydrogen-bond donors (Lipinski definition) is 3. The number of phenolic OH excluding ortho intramolecular Hbond substituents is 1. The van der Waals surface area contributed by atoms with E-state index in [-0.39, 0.29) is 35.0 Å². The van der Waals surface area contributed by atoms with Crippen LogP contribution in [0.2, 0.25) is 10.0 Å². The first-order valence-corrected chi connectivity index (χ1v) is 12.9. The minimum atomic E-state index is -4.59. The van der Waals surface area contributed by atoms with Gasteiger partial charge >= 0.3 is 12.2 Å². The molecule has 1 aliphatic carbocycles. The molecule has 3 N–H and O–H groups in total. The Morgan fingerprint density at radius 2 is 1.77 bits per heavy atom. The molecule has 1 heterocycles. The number of nitrogens with zero attached hydrogens (tertiary/aromatic N) is 2. The number of nitrogens with one attached hydrogen (secondary N) is 2. The summed E-state index contributed by atoms with van der Waals surface area (Å²) in [4.78, 5) is 25.7. The Morgan fingerprint density at radius 1 is 1.00 bits per heavy atom. The number of carbonyl (C=O) groups excluding carboxylic acids is 2. The van der Waals surface area contributed by atoms with Gasteiger partial charge in [0.1, 0.15) is 5.75 Å². The second-order valence-electron chi connectivity index (χ2n) is 9.31. The summed E-state index contributed by atoms with van der Waals surface area (Å²) < 4.78 is 40.4. The summed E-state index contributed by atoms with van der Waals surface area (Å²) in [5, 5.41) is 21.1. The molecule has 2 amide bonds. The van der Waals surface area contributed by atoms with Crippen molar-refractivity contribution in [3.63, 3.8) is 0 Å². The molecule has 1 fully saturated rings. The normalized spacial score (nSPS) is 13.2. The van der Waals surface area contributed by atoms with Crippen LogP contribution in [-0.4, -0.2) is 26.8 Å². The number of aromatic hydroxyl groups is 1. The lowest BCUT2D eigenvalue weighted by atomic mass is 10.1. The van der Waals surface area contributed by atoms with Crippen LogP contribution in [0.5, 0.6) is 5.75 Å². The van der Waals surface area contributed by atoms with Gasteiger partial charge in [0.2, 0.25) is 0 Å². The van der Waals surface area contributed by atoms with Crippen LogP contribution >= 0.6 is 23.2 Å². The third-order valence-corrected chi connectivity index (χ3v) is 7.07. The molecule has 0 bridgehead atoms.